The largest absolute Gasteiger partial charge is 0.323 e. The van der Waals surface area contributed by atoms with Gasteiger partial charge in [0, 0.05) is 38.3 Å². The summed E-state index contributed by atoms with van der Waals surface area (Å²) >= 11 is 0. The first-order chi connectivity index (χ1) is 9.51. The van der Waals surface area contributed by atoms with Crippen LogP contribution in [0, 0.1) is 13.8 Å². The molecule has 2 unspecified atom stereocenters. The number of benzene rings is 1. The van der Waals surface area contributed by atoms with Gasteiger partial charge in [-0.05, 0) is 38.4 Å². The Morgan fingerprint density at radius 2 is 2.05 bits per heavy atom. The van der Waals surface area contributed by atoms with Gasteiger partial charge in [0.25, 0.3) is 0 Å². The topological polar surface area (TPSA) is 32.5 Å². The van der Waals surface area contributed by atoms with Gasteiger partial charge in [0.1, 0.15) is 0 Å². The Labute approximate surface area is 123 Å². The molecular weight excluding hydrogens is 246 g/mol. The van der Waals surface area contributed by atoms with Crippen LogP contribution in [0.5, 0.6) is 0 Å². The summed E-state index contributed by atoms with van der Waals surface area (Å²) in [6, 6.07) is 7.39. The number of likely N-dealkylation sites (N-methyl/N-ethyl adjacent to an activating group) is 1. The van der Waals surface area contributed by atoms with E-state index in [1.807, 2.05) is 0 Å². The second kappa shape index (κ2) is 6.70. The number of piperazine rings is 1. The van der Waals surface area contributed by atoms with E-state index in [1.54, 1.807) is 0 Å². The molecule has 20 heavy (non-hydrogen) atoms. The third-order valence-electron chi connectivity index (χ3n) is 4.61. The lowest BCUT2D eigenvalue weighted by molar-refractivity contribution is 0.0890. The molecule has 2 N–H and O–H groups in total. The van der Waals surface area contributed by atoms with Crippen LogP contribution in [-0.4, -0.2) is 49.1 Å². The number of hydrogen-bond donors (Lipinski definition) is 1. The van der Waals surface area contributed by atoms with Crippen LogP contribution >= 0.6 is 0 Å². The lowest BCUT2D eigenvalue weighted by atomic mass is 9.99. The molecule has 1 aliphatic heterocycles. The van der Waals surface area contributed by atoms with Crippen molar-refractivity contribution in [2.24, 2.45) is 5.73 Å². The molecule has 0 saturated carbocycles. The molecule has 1 fully saturated rings. The van der Waals surface area contributed by atoms with Crippen molar-refractivity contribution in [3.05, 3.63) is 34.9 Å². The van der Waals surface area contributed by atoms with Crippen LogP contribution in [0.2, 0.25) is 0 Å². The van der Waals surface area contributed by atoms with Crippen LogP contribution in [0.3, 0.4) is 0 Å². The zero-order valence-corrected chi connectivity index (χ0v) is 13.4. The van der Waals surface area contributed by atoms with E-state index in [-0.39, 0.29) is 6.04 Å². The van der Waals surface area contributed by atoms with Gasteiger partial charge in [0.15, 0.2) is 0 Å². The maximum Gasteiger partial charge on any atom is 0.0426 e. The molecule has 3 nitrogen and oxygen atoms in total. The van der Waals surface area contributed by atoms with Gasteiger partial charge in [0.05, 0.1) is 0 Å². The molecule has 3 heteroatoms. The lowest BCUT2D eigenvalue weighted by Gasteiger charge is -2.40. The number of nitrogens with zero attached hydrogens (tertiary/aromatic N) is 2. The molecule has 0 amide bonds. The van der Waals surface area contributed by atoms with Gasteiger partial charge >= 0.3 is 0 Å². The van der Waals surface area contributed by atoms with Crippen molar-refractivity contribution in [3.63, 3.8) is 0 Å². The zero-order chi connectivity index (χ0) is 14.7. The molecule has 0 radical (unpaired) electrons. The Hall–Kier alpha value is -0.900. The van der Waals surface area contributed by atoms with Crippen LogP contribution < -0.4 is 5.73 Å². The third-order valence-corrected chi connectivity index (χ3v) is 4.61. The van der Waals surface area contributed by atoms with Crippen molar-refractivity contribution in [2.45, 2.75) is 39.3 Å². The first-order valence-corrected chi connectivity index (χ1v) is 7.76. The Morgan fingerprint density at radius 1 is 1.30 bits per heavy atom. The summed E-state index contributed by atoms with van der Waals surface area (Å²) < 4.78 is 0. The molecule has 1 heterocycles. The minimum absolute atomic E-state index is 0.122. The lowest BCUT2D eigenvalue weighted by Crippen LogP contribution is -2.52. The van der Waals surface area contributed by atoms with Crippen molar-refractivity contribution in [1.29, 1.82) is 0 Å². The van der Waals surface area contributed by atoms with E-state index in [0.717, 1.165) is 26.2 Å². The van der Waals surface area contributed by atoms with Gasteiger partial charge < -0.3 is 10.6 Å². The standard InChI is InChI=1S/C17H29N3/c1-5-15-11-20(9-8-19(15)4)12-17(18)16-7-6-13(2)10-14(16)3/h6-7,10,15,17H,5,8-9,11-12,18H2,1-4H3. The number of aryl methyl sites for hydroxylation is 2. The van der Waals surface area contributed by atoms with E-state index in [9.17, 15) is 0 Å². The Balaban J connectivity index is 1.99. The summed E-state index contributed by atoms with van der Waals surface area (Å²) in [4.78, 5) is 5.00. The summed E-state index contributed by atoms with van der Waals surface area (Å²) in [5, 5.41) is 0. The molecular formula is C17H29N3. The van der Waals surface area contributed by atoms with E-state index >= 15 is 0 Å². The third kappa shape index (κ3) is 3.60. The Kier molecular flexibility index (Phi) is 5.19. The van der Waals surface area contributed by atoms with Crippen molar-refractivity contribution in [3.8, 4) is 0 Å². The molecule has 1 aromatic rings. The van der Waals surface area contributed by atoms with E-state index in [0.29, 0.717) is 6.04 Å². The smallest absolute Gasteiger partial charge is 0.0426 e. The molecule has 0 aliphatic carbocycles. The van der Waals surface area contributed by atoms with Crippen molar-refractivity contribution >= 4 is 0 Å². The summed E-state index contributed by atoms with van der Waals surface area (Å²) in [7, 11) is 2.23. The fourth-order valence-corrected chi connectivity index (χ4v) is 3.24. The van der Waals surface area contributed by atoms with Crippen molar-refractivity contribution in [2.75, 3.05) is 33.2 Å². The number of nitrogens with two attached hydrogens (primary N) is 1. The highest BCUT2D eigenvalue weighted by molar-refractivity contribution is 5.32. The number of rotatable bonds is 4. The maximum atomic E-state index is 6.44. The summed E-state index contributed by atoms with van der Waals surface area (Å²) in [5.41, 5.74) is 10.4. The first-order valence-electron chi connectivity index (χ1n) is 7.76. The highest BCUT2D eigenvalue weighted by Crippen LogP contribution is 2.20. The average molecular weight is 275 g/mol. The minimum atomic E-state index is 0.122. The quantitative estimate of drug-likeness (QED) is 0.915. The minimum Gasteiger partial charge on any atom is -0.323 e. The SMILES string of the molecule is CCC1CN(CC(N)c2ccc(C)cc2C)CCN1C. The number of hydrogen-bond acceptors (Lipinski definition) is 3. The molecule has 112 valence electrons. The highest BCUT2D eigenvalue weighted by Gasteiger charge is 2.24. The molecule has 2 atom stereocenters. The van der Waals surface area contributed by atoms with E-state index < -0.39 is 0 Å². The molecule has 0 aromatic heterocycles. The second-order valence-corrected chi connectivity index (χ2v) is 6.27. The summed E-state index contributed by atoms with van der Waals surface area (Å²) in [6.07, 6.45) is 1.21. The van der Waals surface area contributed by atoms with Crippen LogP contribution in [0.15, 0.2) is 18.2 Å². The maximum absolute atomic E-state index is 6.44. The predicted octanol–water partition coefficient (Wildman–Crippen LogP) is 2.33. The second-order valence-electron chi connectivity index (χ2n) is 6.27. The fraction of sp³-hybridized carbons (Fsp3) is 0.647. The molecule has 2 rings (SSSR count). The fourth-order valence-electron chi connectivity index (χ4n) is 3.24. The van der Waals surface area contributed by atoms with E-state index in [2.05, 4.69) is 55.8 Å². The molecule has 1 aliphatic rings. The van der Waals surface area contributed by atoms with Gasteiger partial charge in [-0.3, -0.25) is 4.90 Å². The monoisotopic (exact) mass is 275 g/mol. The van der Waals surface area contributed by atoms with Gasteiger partial charge in [0.2, 0.25) is 0 Å². The molecule has 1 saturated heterocycles. The highest BCUT2D eigenvalue weighted by atomic mass is 15.3. The van der Waals surface area contributed by atoms with Gasteiger partial charge in [-0.25, -0.2) is 0 Å². The normalized spacial score (nSPS) is 22.9. The van der Waals surface area contributed by atoms with Crippen LogP contribution in [-0.2, 0) is 0 Å². The molecule has 0 spiro atoms. The first kappa shape index (κ1) is 15.5. The van der Waals surface area contributed by atoms with Crippen molar-refractivity contribution < 1.29 is 0 Å². The van der Waals surface area contributed by atoms with Gasteiger partial charge in [-0.2, -0.15) is 0 Å². The van der Waals surface area contributed by atoms with Gasteiger partial charge in [-0.1, -0.05) is 30.7 Å². The van der Waals surface area contributed by atoms with Crippen LogP contribution in [0.1, 0.15) is 36.1 Å². The van der Waals surface area contributed by atoms with Crippen LogP contribution in [0.4, 0.5) is 0 Å². The zero-order valence-electron chi connectivity index (χ0n) is 13.4. The predicted molar refractivity (Wildman–Crippen MR) is 86.0 cm³/mol. The Morgan fingerprint density at radius 3 is 2.70 bits per heavy atom. The van der Waals surface area contributed by atoms with Gasteiger partial charge in [-0.15, -0.1) is 0 Å². The molecule has 1 aromatic carbocycles. The van der Waals surface area contributed by atoms with Crippen molar-refractivity contribution in [1.82, 2.24) is 9.80 Å². The average Bonchev–Trinajstić information content (AvgIpc) is 2.40. The van der Waals surface area contributed by atoms with Crippen LogP contribution in [0.25, 0.3) is 0 Å². The Bertz CT molecular complexity index is 444. The summed E-state index contributed by atoms with van der Waals surface area (Å²) in [5.74, 6) is 0. The summed E-state index contributed by atoms with van der Waals surface area (Å²) in [6.45, 7) is 11.0. The van der Waals surface area contributed by atoms with E-state index in [1.165, 1.54) is 23.1 Å². The molecule has 0 bridgehead atoms. The van der Waals surface area contributed by atoms with E-state index in [4.69, 9.17) is 5.73 Å².